The van der Waals surface area contributed by atoms with Gasteiger partial charge in [-0.05, 0) is 40.2 Å². The third-order valence-electron chi connectivity index (χ3n) is 3.11. The van der Waals surface area contributed by atoms with Crippen LogP contribution in [0.3, 0.4) is 0 Å². The van der Waals surface area contributed by atoms with E-state index in [0.29, 0.717) is 23.9 Å². The molecule has 0 spiro atoms. The zero-order valence-corrected chi connectivity index (χ0v) is 14.2. The predicted octanol–water partition coefficient (Wildman–Crippen LogP) is 2.83. The lowest BCUT2D eigenvalue weighted by Crippen LogP contribution is -2.15. The van der Waals surface area contributed by atoms with E-state index in [2.05, 4.69) is 36.3 Å². The molecule has 0 aliphatic carbocycles. The molecule has 0 atom stereocenters. The lowest BCUT2D eigenvalue weighted by molar-refractivity contribution is -0.116. The maximum absolute atomic E-state index is 11.9. The van der Waals surface area contributed by atoms with E-state index in [1.54, 1.807) is 24.7 Å². The summed E-state index contributed by atoms with van der Waals surface area (Å²) in [4.78, 5) is 20.0. The molecule has 0 radical (unpaired) electrons. The number of pyridine rings is 1. The van der Waals surface area contributed by atoms with Crippen LogP contribution in [0.4, 0.5) is 5.69 Å². The van der Waals surface area contributed by atoms with Gasteiger partial charge in [0.1, 0.15) is 18.4 Å². The standard InChI is InChI=1S/C16H14BrN5O2/c17-13-3-1-2-4-14(13)24-8-7-16(23)21-12-5-6-15(19-9-12)22-11-18-10-20-22/h1-6,9-11H,7-8H2,(H,21,23). The van der Waals surface area contributed by atoms with E-state index >= 15 is 0 Å². The molecule has 1 N–H and O–H groups in total. The highest BCUT2D eigenvalue weighted by molar-refractivity contribution is 9.10. The van der Waals surface area contributed by atoms with Crippen LogP contribution in [-0.2, 0) is 4.79 Å². The quantitative estimate of drug-likeness (QED) is 0.702. The smallest absolute Gasteiger partial charge is 0.227 e. The fourth-order valence-electron chi connectivity index (χ4n) is 1.96. The normalized spacial score (nSPS) is 10.4. The van der Waals surface area contributed by atoms with E-state index in [1.807, 2.05) is 24.3 Å². The van der Waals surface area contributed by atoms with Gasteiger partial charge < -0.3 is 10.1 Å². The average Bonchev–Trinajstić information content (AvgIpc) is 3.12. The number of para-hydroxylation sites is 1. The van der Waals surface area contributed by atoms with Gasteiger partial charge in [-0.25, -0.2) is 14.6 Å². The number of benzene rings is 1. The molecular formula is C16H14BrN5O2. The maximum atomic E-state index is 11.9. The second-order valence-electron chi connectivity index (χ2n) is 4.82. The Bertz CT molecular complexity index is 806. The largest absolute Gasteiger partial charge is 0.492 e. The molecule has 0 fully saturated rings. The van der Waals surface area contributed by atoms with Crippen LogP contribution < -0.4 is 10.1 Å². The predicted molar refractivity (Wildman–Crippen MR) is 92.0 cm³/mol. The molecule has 0 aliphatic heterocycles. The van der Waals surface area contributed by atoms with Crippen LogP contribution >= 0.6 is 15.9 Å². The molecule has 24 heavy (non-hydrogen) atoms. The van der Waals surface area contributed by atoms with Crippen LogP contribution in [-0.4, -0.2) is 32.3 Å². The zero-order chi connectivity index (χ0) is 16.8. The highest BCUT2D eigenvalue weighted by atomic mass is 79.9. The molecule has 2 aromatic heterocycles. The molecule has 3 rings (SSSR count). The zero-order valence-electron chi connectivity index (χ0n) is 12.6. The number of aromatic nitrogens is 4. The van der Waals surface area contributed by atoms with Gasteiger partial charge in [-0.15, -0.1) is 0 Å². The number of anilines is 1. The third kappa shape index (κ3) is 4.17. The van der Waals surface area contributed by atoms with Crippen molar-refractivity contribution < 1.29 is 9.53 Å². The summed E-state index contributed by atoms with van der Waals surface area (Å²) >= 11 is 3.39. The van der Waals surface area contributed by atoms with Gasteiger partial charge in [-0.3, -0.25) is 4.79 Å². The maximum Gasteiger partial charge on any atom is 0.227 e. The van der Waals surface area contributed by atoms with Gasteiger partial charge in [0.05, 0.1) is 29.4 Å². The van der Waals surface area contributed by atoms with Crippen molar-refractivity contribution in [2.24, 2.45) is 0 Å². The first-order valence-corrected chi connectivity index (χ1v) is 8.00. The minimum Gasteiger partial charge on any atom is -0.492 e. The van der Waals surface area contributed by atoms with Gasteiger partial charge in [-0.1, -0.05) is 12.1 Å². The molecule has 1 aromatic carbocycles. The Morgan fingerprint density at radius 1 is 1.25 bits per heavy atom. The van der Waals surface area contributed by atoms with Gasteiger partial charge in [0.2, 0.25) is 5.91 Å². The van der Waals surface area contributed by atoms with Crippen LogP contribution in [0.15, 0.2) is 59.7 Å². The Kier molecular flexibility index (Phi) is 5.17. The van der Waals surface area contributed by atoms with Gasteiger partial charge in [-0.2, -0.15) is 5.10 Å². The van der Waals surface area contributed by atoms with Gasteiger partial charge in [0.25, 0.3) is 0 Å². The summed E-state index contributed by atoms with van der Waals surface area (Å²) in [5.74, 6) is 1.20. The molecule has 0 aliphatic rings. The summed E-state index contributed by atoms with van der Waals surface area (Å²) in [5.41, 5.74) is 0.616. The first kappa shape index (κ1) is 16.1. The van der Waals surface area contributed by atoms with Crippen molar-refractivity contribution in [3.63, 3.8) is 0 Å². The van der Waals surface area contributed by atoms with Crippen LogP contribution in [0.2, 0.25) is 0 Å². The molecule has 3 aromatic rings. The Morgan fingerprint density at radius 3 is 2.83 bits per heavy atom. The fraction of sp³-hybridized carbons (Fsp3) is 0.125. The van der Waals surface area contributed by atoms with Crippen LogP contribution in [0, 0.1) is 0 Å². The van der Waals surface area contributed by atoms with Gasteiger partial charge in [0.15, 0.2) is 5.82 Å². The van der Waals surface area contributed by atoms with Crippen molar-refractivity contribution >= 4 is 27.5 Å². The summed E-state index contributed by atoms with van der Waals surface area (Å²) in [6.45, 7) is 0.291. The van der Waals surface area contributed by atoms with Crippen molar-refractivity contribution in [1.82, 2.24) is 19.7 Å². The highest BCUT2D eigenvalue weighted by Gasteiger charge is 2.06. The van der Waals surface area contributed by atoms with Crippen molar-refractivity contribution in [1.29, 1.82) is 0 Å². The summed E-state index contributed by atoms with van der Waals surface area (Å²) in [7, 11) is 0. The van der Waals surface area contributed by atoms with E-state index in [0.717, 1.165) is 4.47 Å². The molecular weight excluding hydrogens is 374 g/mol. The van der Waals surface area contributed by atoms with E-state index < -0.39 is 0 Å². The van der Waals surface area contributed by atoms with E-state index in [-0.39, 0.29) is 12.3 Å². The van der Waals surface area contributed by atoms with Gasteiger partial charge >= 0.3 is 0 Å². The van der Waals surface area contributed by atoms with Crippen molar-refractivity contribution in [2.45, 2.75) is 6.42 Å². The summed E-state index contributed by atoms with van der Waals surface area (Å²) in [6, 6.07) is 11.0. The fourth-order valence-corrected chi connectivity index (χ4v) is 2.36. The lowest BCUT2D eigenvalue weighted by Gasteiger charge is -2.08. The number of carbonyl (C=O) groups is 1. The summed E-state index contributed by atoms with van der Waals surface area (Å²) < 4.78 is 7.97. The highest BCUT2D eigenvalue weighted by Crippen LogP contribution is 2.23. The minimum absolute atomic E-state index is 0.141. The Labute approximate surface area is 146 Å². The van der Waals surface area contributed by atoms with Gasteiger partial charge in [0, 0.05) is 0 Å². The van der Waals surface area contributed by atoms with Crippen molar-refractivity contribution in [3.8, 4) is 11.6 Å². The Hall–Kier alpha value is -2.74. The Balaban J connectivity index is 1.49. The van der Waals surface area contributed by atoms with Crippen LogP contribution in [0.25, 0.3) is 5.82 Å². The van der Waals surface area contributed by atoms with Crippen molar-refractivity contribution in [3.05, 3.63) is 59.7 Å². The summed E-state index contributed by atoms with van der Waals surface area (Å²) in [5, 5.41) is 6.77. The SMILES string of the molecule is O=C(CCOc1ccccc1Br)Nc1ccc(-n2cncn2)nc1. The topological polar surface area (TPSA) is 81.9 Å². The van der Waals surface area contributed by atoms with E-state index in [4.69, 9.17) is 4.74 Å². The molecule has 0 saturated carbocycles. The lowest BCUT2D eigenvalue weighted by atomic mass is 10.3. The second-order valence-corrected chi connectivity index (χ2v) is 5.68. The Morgan fingerprint density at radius 2 is 2.12 bits per heavy atom. The molecule has 0 bridgehead atoms. The van der Waals surface area contributed by atoms with Crippen LogP contribution in [0.5, 0.6) is 5.75 Å². The first-order valence-electron chi connectivity index (χ1n) is 7.20. The number of hydrogen-bond donors (Lipinski definition) is 1. The number of hydrogen-bond acceptors (Lipinski definition) is 5. The van der Waals surface area contributed by atoms with E-state index in [9.17, 15) is 4.79 Å². The average molecular weight is 388 g/mol. The van der Waals surface area contributed by atoms with Crippen LogP contribution in [0.1, 0.15) is 6.42 Å². The number of nitrogens with zero attached hydrogens (tertiary/aromatic N) is 4. The van der Waals surface area contributed by atoms with E-state index in [1.165, 1.54) is 11.0 Å². The molecule has 0 saturated heterocycles. The molecule has 122 valence electrons. The third-order valence-corrected chi connectivity index (χ3v) is 3.76. The number of rotatable bonds is 6. The molecule has 1 amide bonds. The number of ether oxygens (including phenoxy) is 1. The second kappa shape index (κ2) is 7.69. The number of carbonyl (C=O) groups excluding carboxylic acids is 1. The monoisotopic (exact) mass is 387 g/mol. The molecule has 8 heteroatoms. The first-order chi connectivity index (χ1) is 11.7. The molecule has 0 unspecified atom stereocenters. The number of nitrogens with one attached hydrogen (secondary N) is 1. The molecule has 2 heterocycles. The number of halogens is 1. The van der Waals surface area contributed by atoms with Crippen molar-refractivity contribution in [2.75, 3.05) is 11.9 Å². The summed E-state index contributed by atoms with van der Waals surface area (Å²) in [6.07, 6.45) is 4.80. The number of amides is 1. The minimum atomic E-state index is -0.141. The molecule has 7 nitrogen and oxygen atoms in total.